The van der Waals surface area contributed by atoms with Crippen molar-refractivity contribution in [3.8, 4) is 0 Å². The van der Waals surface area contributed by atoms with Gasteiger partial charge in [-0.15, -0.1) is 0 Å². The highest BCUT2D eigenvalue weighted by atomic mass is 127. The van der Waals surface area contributed by atoms with Crippen molar-refractivity contribution in [2.75, 3.05) is 0 Å². The maximum Gasteiger partial charge on any atom is 0.0697 e. The third-order valence-corrected chi connectivity index (χ3v) is 3.97. The van der Waals surface area contributed by atoms with E-state index in [1.54, 1.807) is 0 Å². The van der Waals surface area contributed by atoms with Crippen molar-refractivity contribution in [1.82, 2.24) is 0 Å². The second-order valence-electron chi connectivity index (χ2n) is 3.32. The molecule has 0 spiro atoms. The average molecular weight is 252 g/mol. The lowest BCUT2D eigenvalue weighted by molar-refractivity contribution is 0.0547. The molecule has 2 heterocycles. The van der Waals surface area contributed by atoms with Gasteiger partial charge in [-0.05, 0) is 32.1 Å². The summed E-state index contributed by atoms with van der Waals surface area (Å²) in [5.41, 5.74) is 0. The van der Waals surface area contributed by atoms with Crippen molar-refractivity contribution in [3.05, 3.63) is 0 Å². The van der Waals surface area contributed by atoms with E-state index >= 15 is 0 Å². The van der Waals surface area contributed by atoms with Crippen LogP contribution in [0.15, 0.2) is 0 Å². The van der Waals surface area contributed by atoms with Crippen LogP contribution < -0.4 is 0 Å². The highest BCUT2D eigenvalue weighted by Crippen LogP contribution is 2.34. The highest BCUT2D eigenvalue weighted by molar-refractivity contribution is 14.1. The molecule has 1 nitrogen and oxygen atoms in total. The molecular weight excluding hydrogens is 239 g/mol. The molecule has 2 heteroatoms. The Balaban J connectivity index is 2.03. The maximum atomic E-state index is 5.83. The van der Waals surface area contributed by atoms with E-state index in [1.807, 2.05) is 0 Å². The second-order valence-corrected chi connectivity index (χ2v) is 4.92. The molecule has 0 aliphatic carbocycles. The number of hydrogen-bond acceptors (Lipinski definition) is 1. The molecule has 2 saturated heterocycles. The molecule has 0 aromatic heterocycles. The van der Waals surface area contributed by atoms with E-state index < -0.39 is 0 Å². The predicted molar refractivity (Wildman–Crippen MR) is 49.6 cm³/mol. The quantitative estimate of drug-likeness (QED) is 0.475. The Morgan fingerprint density at radius 1 is 1.10 bits per heavy atom. The molecule has 2 fully saturated rings. The maximum absolute atomic E-state index is 5.83. The standard InChI is InChI=1S/C8H13IO/c9-7-3-1-2-6-4-5-8(7)10-6/h6-8H,1-5H2/t6-,7+,8+/m0/s1. The van der Waals surface area contributed by atoms with Crippen LogP contribution in [0.2, 0.25) is 0 Å². The molecule has 0 aromatic rings. The number of hydrogen-bond donors (Lipinski definition) is 0. The first-order valence-corrected chi connectivity index (χ1v) is 5.40. The molecule has 2 bridgehead atoms. The van der Waals surface area contributed by atoms with Crippen LogP contribution in [0.25, 0.3) is 0 Å². The Kier molecular flexibility index (Phi) is 2.18. The molecule has 0 amide bonds. The molecule has 2 rings (SSSR count). The summed E-state index contributed by atoms with van der Waals surface area (Å²) < 4.78 is 6.62. The first-order valence-electron chi connectivity index (χ1n) is 4.16. The van der Waals surface area contributed by atoms with Gasteiger partial charge in [-0.3, -0.25) is 0 Å². The zero-order chi connectivity index (χ0) is 6.97. The average Bonchev–Trinajstić information content (AvgIpc) is 2.27. The largest absolute Gasteiger partial charge is 0.374 e. The fraction of sp³-hybridized carbons (Fsp3) is 1.00. The summed E-state index contributed by atoms with van der Waals surface area (Å²) in [6.07, 6.45) is 7.95. The number of rotatable bonds is 0. The van der Waals surface area contributed by atoms with Crippen molar-refractivity contribution >= 4 is 22.6 Å². The number of alkyl halides is 1. The molecule has 2 aliphatic rings. The number of fused-ring (bicyclic) bond motifs is 2. The van der Waals surface area contributed by atoms with Gasteiger partial charge in [-0.1, -0.05) is 22.6 Å². The first kappa shape index (κ1) is 7.35. The predicted octanol–water partition coefficient (Wildman–Crippen LogP) is 2.52. The zero-order valence-corrected chi connectivity index (χ0v) is 8.21. The lowest BCUT2D eigenvalue weighted by Gasteiger charge is -2.13. The van der Waals surface area contributed by atoms with E-state index in [4.69, 9.17) is 4.74 Å². The summed E-state index contributed by atoms with van der Waals surface area (Å²) in [6.45, 7) is 0. The SMILES string of the molecule is I[C@@H]1CCC[C@H]2CC[C@H]1O2. The minimum Gasteiger partial charge on any atom is -0.374 e. The van der Waals surface area contributed by atoms with E-state index in [0.29, 0.717) is 12.2 Å². The molecule has 58 valence electrons. The molecule has 0 saturated carbocycles. The Morgan fingerprint density at radius 3 is 2.90 bits per heavy atom. The summed E-state index contributed by atoms with van der Waals surface area (Å²) in [4.78, 5) is 0. The number of halogens is 1. The van der Waals surface area contributed by atoms with Crippen molar-refractivity contribution in [1.29, 1.82) is 0 Å². The van der Waals surface area contributed by atoms with E-state index in [-0.39, 0.29) is 0 Å². The third kappa shape index (κ3) is 1.33. The van der Waals surface area contributed by atoms with Crippen LogP contribution in [0.5, 0.6) is 0 Å². The van der Waals surface area contributed by atoms with Gasteiger partial charge in [0.25, 0.3) is 0 Å². The molecule has 0 unspecified atom stereocenters. The Morgan fingerprint density at radius 2 is 2.00 bits per heavy atom. The third-order valence-electron chi connectivity index (χ3n) is 2.55. The fourth-order valence-corrected chi connectivity index (χ4v) is 2.91. The number of ether oxygens (including phenoxy) is 1. The van der Waals surface area contributed by atoms with Crippen LogP contribution in [-0.2, 0) is 4.74 Å². The van der Waals surface area contributed by atoms with E-state index in [9.17, 15) is 0 Å². The van der Waals surface area contributed by atoms with Crippen molar-refractivity contribution < 1.29 is 4.74 Å². The van der Waals surface area contributed by atoms with Gasteiger partial charge in [-0.25, -0.2) is 0 Å². The Hall–Kier alpha value is 0.690. The van der Waals surface area contributed by atoms with Crippen LogP contribution in [0.1, 0.15) is 32.1 Å². The van der Waals surface area contributed by atoms with Gasteiger partial charge < -0.3 is 4.74 Å². The smallest absolute Gasteiger partial charge is 0.0697 e. The summed E-state index contributed by atoms with van der Waals surface area (Å²) in [5.74, 6) is 0. The first-order chi connectivity index (χ1) is 4.86. The molecule has 10 heavy (non-hydrogen) atoms. The van der Waals surface area contributed by atoms with Crippen LogP contribution >= 0.6 is 22.6 Å². The van der Waals surface area contributed by atoms with Crippen LogP contribution in [-0.4, -0.2) is 16.1 Å². The van der Waals surface area contributed by atoms with E-state index in [2.05, 4.69) is 22.6 Å². The molecule has 0 radical (unpaired) electrons. The topological polar surface area (TPSA) is 9.23 Å². The summed E-state index contributed by atoms with van der Waals surface area (Å²) in [7, 11) is 0. The minimum atomic E-state index is 0.605. The minimum absolute atomic E-state index is 0.605. The lowest BCUT2D eigenvalue weighted by atomic mass is 10.0. The van der Waals surface area contributed by atoms with Crippen LogP contribution in [0.4, 0.5) is 0 Å². The van der Waals surface area contributed by atoms with Gasteiger partial charge in [0.15, 0.2) is 0 Å². The molecule has 2 aliphatic heterocycles. The van der Waals surface area contributed by atoms with Gasteiger partial charge in [0.1, 0.15) is 0 Å². The van der Waals surface area contributed by atoms with Crippen LogP contribution in [0, 0.1) is 0 Å². The molecule has 0 aromatic carbocycles. The van der Waals surface area contributed by atoms with Gasteiger partial charge in [-0.2, -0.15) is 0 Å². The van der Waals surface area contributed by atoms with Crippen molar-refractivity contribution in [3.63, 3.8) is 0 Å². The highest BCUT2D eigenvalue weighted by Gasteiger charge is 2.32. The molecule has 0 N–H and O–H groups in total. The lowest BCUT2D eigenvalue weighted by Crippen LogP contribution is -2.17. The fourth-order valence-electron chi connectivity index (χ4n) is 1.94. The van der Waals surface area contributed by atoms with Crippen molar-refractivity contribution in [2.45, 2.75) is 48.2 Å². The summed E-state index contributed by atoms with van der Waals surface area (Å²) >= 11 is 2.55. The van der Waals surface area contributed by atoms with Gasteiger partial charge in [0.2, 0.25) is 0 Å². The van der Waals surface area contributed by atoms with Gasteiger partial charge in [0, 0.05) is 3.92 Å². The zero-order valence-electron chi connectivity index (χ0n) is 6.05. The van der Waals surface area contributed by atoms with E-state index in [0.717, 1.165) is 3.92 Å². The molecule has 3 atom stereocenters. The van der Waals surface area contributed by atoms with Crippen LogP contribution in [0.3, 0.4) is 0 Å². The monoisotopic (exact) mass is 252 g/mol. The summed E-state index contributed by atoms with van der Waals surface area (Å²) in [6, 6.07) is 0. The normalized spacial score (nSPS) is 47.1. The van der Waals surface area contributed by atoms with Gasteiger partial charge >= 0.3 is 0 Å². The summed E-state index contributed by atoms with van der Waals surface area (Å²) in [5, 5.41) is 0. The Labute approximate surface area is 75.7 Å². The Bertz CT molecular complexity index is 126. The van der Waals surface area contributed by atoms with E-state index in [1.165, 1.54) is 32.1 Å². The second kappa shape index (κ2) is 2.97. The van der Waals surface area contributed by atoms with Gasteiger partial charge in [0.05, 0.1) is 12.2 Å². The molecular formula is C8H13IO. The van der Waals surface area contributed by atoms with Crippen molar-refractivity contribution in [2.24, 2.45) is 0 Å².